The number of benzene rings is 2. The van der Waals surface area contributed by atoms with E-state index in [1.54, 1.807) is 30.2 Å². The van der Waals surface area contributed by atoms with Gasteiger partial charge in [0.1, 0.15) is 5.75 Å². The summed E-state index contributed by atoms with van der Waals surface area (Å²) in [5.41, 5.74) is 3.01. The minimum Gasteiger partial charge on any atom is -0.497 e. The van der Waals surface area contributed by atoms with E-state index in [0.717, 1.165) is 46.0 Å². The van der Waals surface area contributed by atoms with Crippen molar-refractivity contribution in [3.63, 3.8) is 0 Å². The molecule has 5 nitrogen and oxygen atoms in total. The molecule has 1 aliphatic heterocycles. The summed E-state index contributed by atoms with van der Waals surface area (Å²) < 4.78 is 5.19. The molecule has 0 aliphatic carbocycles. The first-order valence-electron chi connectivity index (χ1n) is 9.76. The third-order valence-corrected chi connectivity index (χ3v) is 6.53. The minimum absolute atomic E-state index is 0.168. The Labute approximate surface area is 184 Å². The molecule has 0 bridgehead atoms. The van der Waals surface area contributed by atoms with Crippen LogP contribution in [0.5, 0.6) is 5.75 Å². The molecule has 0 spiro atoms. The molecule has 3 aromatic rings. The second kappa shape index (κ2) is 9.82. The van der Waals surface area contributed by atoms with E-state index in [9.17, 15) is 4.79 Å². The molecule has 30 heavy (non-hydrogen) atoms. The van der Waals surface area contributed by atoms with Crippen LogP contribution in [0.2, 0.25) is 0 Å². The lowest BCUT2D eigenvalue weighted by Gasteiger charge is -2.16. The lowest BCUT2D eigenvalue weighted by Crippen LogP contribution is -2.26. The van der Waals surface area contributed by atoms with Crippen molar-refractivity contribution in [2.45, 2.75) is 12.8 Å². The summed E-state index contributed by atoms with van der Waals surface area (Å²) in [5.74, 6) is 1.91. The highest BCUT2D eigenvalue weighted by Gasteiger charge is 2.24. The van der Waals surface area contributed by atoms with Gasteiger partial charge in [0.05, 0.1) is 17.8 Å². The van der Waals surface area contributed by atoms with E-state index in [2.05, 4.69) is 22.4 Å². The molecular formula is C23H23N3O2S2. The third-order valence-electron chi connectivity index (χ3n) is 4.74. The van der Waals surface area contributed by atoms with Crippen LogP contribution < -0.4 is 10.1 Å². The van der Waals surface area contributed by atoms with E-state index in [4.69, 9.17) is 4.74 Å². The average Bonchev–Trinajstić information content (AvgIpc) is 3.43. The molecule has 2 heterocycles. The summed E-state index contributed by atoms with van der Waals surface area (Å²) in [6.45, 7) is 0.755. The van der Waals surface area contributed by atoms with E-state index in [1.807, 2.05) is 58.8 Å². The number of carbonyl (C=O) groups is 1. The highest BCUT2D eigenvalue weighted by molar-refractivity contribution is 8.03. The molecule has 0 radical (unpaired) electrons. The molecule has 154 valence electrons. The monoisotopic (exact) mass is 437 g/mol. The predicted molar refractivity (Wildman–Crippen MR) is 125 cm³/mol. The molecule has 0 atom stereocenters. The number of thiazole rings is 1. The first-order valence-corrected chi connectivity index (χ1v) is 11.6. The summed E-state index contributed by atoms with van der Waals surface area (Å²) in [7, 11) is 1.65. The van der Waals surface area contributed by atoms with Gasteiger partial charge in [-0.25, -0.2) is 4.98 Å². The summed E-state index contributed by atoms with van der Waals surface area (Å²) in [4.78, 5) is 19.3. The minimum atomic E-state index is 0.168. The number of ether oxygens (including phenoxy) is 1. The molecule has 0 unspecified atom stereocenters. The highest BCUT2D eigenvalue weighted by atomic mass is 32.2. The Morgan fingerprint density at radius 1 is 1.20 bits per heavy atom. The van der Waals surface area contributed by atoms with Gasteiger partial charge < -0.3 is 15.0 Å². The summed E-state index contributed by atoms with van der Waals surface area (Å²) >= 11 is 3.25. The number of nitrogens with zero attached hydrogens (tertiary/aromatic N) is 2. The topological polar surface area (TPSA) is 54.5 Å². The Bertz CT molecular complexity index is 1020. The highest BCUT2D eigenvalue weighted by Crippen LogP contribution is 2.32. The predicted octanol–water partition coefficient (Wildman–Crippen LogP) is 5.40. The standard InChI is InChI=1S/C23H23N3O2S2/c1-28-20-10-8-18(9-11-20)24-23-25-19(16-30-23)15-22-26(13-14-29-22)21(27)12-7-17-5-3-2-4-6-17/h2-6,8-11,15-16H,7,12-14H2,1H3,(H,24,25)/b22-15+. The van der Waals surface area contributed by atoms with Gasteiger partial charge in [-0.15, -0.1) is 23.1 Å². The molecule has 2 aromatic carbocycles. The number of hydrogen-bond acceptors (Lipinski definition) is 6. The van der Waals surface area contributed by atoms with E-state index >= 15 is 0 Å². The Balaban J connectivity index is 1.38. The fraction of sp³-hybridized carbons (Fsp3) is 0.217. The third kappa shape index (κ3) is 5.23. The maximum Gasteiger partial charge on any atom is 0.227 e. The molecule has 1 aromatic heterocycles. The van der Waals surface area contributed by atoms with Gasteiger partial charge in [-0.05, 0) is 42.3 Å². The number of rotatable bonds is 7. The Morgan fingerprint density at radius 3 is 2.77 bits per heavy atom. The van der Waals surface area contributed by atoms with Gasteiger partial charge in [0.25, 0.3) is 0 Å². The molecule has 1 fully saturated rings. The van der Waals surface area contributed by atoms with Crippen LogP contribution in [0.4, 0.5) is 10.8 Å². The number of methoxy groups -OCH3 is 1. The van der Waals surface area contributed by atoms with Crippen molar-refractivity contribution in [2.75, 3.05) is 24.7 Å². The van der Waals surface area contributed by atoms with Gasteiger partial charge in [-0.3, -0.25) is 4.79 Å². The molecule has 7 heteroatoms. The molecular weight excluding hydrogens is 414 g/mol. The molecule has 1 aliphatic rings. The van der Waals surface area contributed by atoms with E-state index in [-0.39, 0.29) is 5.91 Å². The Morgan fingerprint density at radius 2 is 2.00 bits per heavy atom. The van der Waals surface area contributed by atoms with E-state index < -0.39 is 0 Å². The average molecular weight is 438 g/mol. The van der Waals surface area contributed by atoms with Crippen LogP contribution in [-0.4, -0.2) is 35.2 Å². The van der Waals surface area contributed by atoms with Crippen molar-refractivity contribution in [3.05, 3.63) is 76.3 Å². The number of anilines is 2. The van der Waals surface area contributed by atoms with Crippen molar-refractivity contribution in [1.29, 1.82) is 0 Å². The Kier molecular flexibility index (Phi) is 6.71. The zero-order valence-electron chi connectivity index (χ0n) is 16.7. The fourth-order valence-electron chi connectivity index (χ4n) is 3.16. The number of amides is 1. The number of aryl methyl sites for hydroxylation is 1. The molecule has 1 saturated heterocycles. The van der Waals surface area contributed by atoms with Crippen molar-refractivity contribution < 1.29 is 9.53 Å². The summed E-state index contributed by atoms with van der Waals surface area (Å²) in [6.07, 6.45) is 3.29. The number of carbonyl (C=O) groups excluding carboxylic acids is 1. The van der Waals surface area contributed by atoms with Crippen molar-refractivity contribution >= 4 is 45.9 Å². The van der Waals surface area contributed by atoms with Crippen LogP contribution >= 0.6 is 23.1 Å². The van der Waals surface area contributed by atoms with Gasteiger partial charge in [-0.1, -0.05) is 30.3 Å². The van der Waals surface area contributed by atoms with Gasteiger partial charge in [0.15, 0.2) is 5.13 Å². The maximum absolute atomic E-state index is 12.7. The van der Waals surface area contributed by atoms with Crippen LogP contribution in [0.3, 0.4) is 0 Å². The number of thioether (sulfide) groups is 1. The zero-order valence-corrected chi connectivity index (χ0v) is 18.3. The zero-order chi connectivity index (χ0) is 20.8. The molecule has 1 N–H and O–H groups in total. The van der Waals surface area contributed by atoms with Gasteiger partial charge >= 0.3 is 0 Å². The molecule has 0 saturated carbocycles. The Hall–Kier alpha value is -2.77. The van der Waals surface area contributed by atoms with Crippen LogP contribution in [-0.2, 0) is 11.2 Å². The van der Waals surface area contributed by atoms with Gasteiger partial charge in [0, 0.05) is 29.8 Å². The van der Waals surface area contributed by atoms with Gasteiger partial charge in [-0.2, -0.15) is 0 Å². The van der Waals surface area contributed by atoms with E-state index in [1.165, 1.54) is 5.56 Å². The second-order valence-corrected chi connectivity index (χ2v) is 8.77. The van der Waals surface area contributed by atoms with Crippen LogP contribution in [0, 0.1) is 0 Å². The van der Waals surface area contributed by atoms with E-state index in [0.29, 0.717) is 6.42 Å². The number of nitrogens with one attached hydrogen (secondary N) is 1. The van der Waals surface area contributed by atoms with Crippen LogP contribution in [0.25, 0.3) is 6.08 Å². The first kappa shape index (κ1) is 20.5. The van der Waals surface area contributed by atoms with Gasteiger partial charge in [0.2, 0.25) is 5.91 Å². The summed E-state index contributed by atoms with van der Waals surface area (Å²) in [6, 6.07) is 17.9. The van der Waals surface area contributed by atoms with Crippen LogP contribution in [0.15, 0.2) is 65.0 Å². The summed E-state index contributed by atoms with van der Waals surface area (Å²) in [5, 5.41) is 7.11. The van der Waals surface area contributed by atoms with Crippen molar-refractivity contribution in [2.24, 2.45) is 0 Å². The smallest absolute Gasteiger partial charge is 0.227 e. The van der Waals surface area contributed by atoms with Crippen molar-refractivity contribution in [3.8, 4) is 5.75 Å². The number of aromatic nitrogens is 1. The number of hydrogen-bond donors (Lipinski definition) is 1. The largest absolute Gasteiger partial charge is 0.497 e. The fourth-order valence-corrected chi connectivity index (χ4v) is 4.89. The molecule has 1 amide bonds. The lowest BCUT2D eigenvalue weighted by molar-refractivity contribution is -0.128. The normalized spacial score (nSPS) is 14.8. The molecule has 4 rings (SSSR count). The van der Waals surface area contributed by atoms with Crippen molar-refractivity contribution in [1.82, 2.24) is 9.88 Å². The quantitative estimate of drug-likeness (QED) is 0.536. The maximum atomic E-state index is 12.7. The first-order chi connectivity index (χ1) is 14.7. The van der Waals surface area contributed by atoms with Crippen LogP contribution in [0.1, 0.15) is 17.7 Å². The second-order valence-electron chi connectivity index (χ2n) is 6.79. The lowest BCUT2D eigenvalue weighted by atomic mass is 10.1. The SMILES string of the molecule is COc1ccc(Nc2nc(/C=C3/SCCN3C(=O)CCc3ccccc3)cs2)cc1.